The number of rotatable bonds is 3. The number of tetrazole rings is 1. The Kier molecular flexibility index (Phi) is 2.93. The minimum atomic E-state index is -0.128. The lowest BCUT2D eigenvalue weighted by molar-refractivity contribution is 0.282. The van der Waals surface area contributed by atoms with Crippen LogP contribution in [0.25, 0.3) is 0 Å². The molecule has 0 aliphatic rings. The van der Waals surface area contributed by atoms with Gasteiger partial charge in [0, 0.05) is 7.05 Å². The third-order valence-corrected chi connectivity index (χ3v) is 1.95. The van der Waals surface area contributed by atoms with Crippen molar-refractivity contribution in [1.82, 2.24) is 25.1 Å². The van der Waals surface area contributed by atoms with E-state index in [2.05, 4.69) is 21.6 Å². The third-order valence-electron chi connectivity index (χ3n) is 1.95. The summed E-state index contributed by atoms with van der Waals surface area (Å²) < 4.78 is 1.60. The van der Waals surface area contributed by atoms with Crippen molar-refractivity contribution in [3.8, 4) is 6.07 Å². The summed E-state index contributed by atoms with van der Waals surface area (Å²) in [5, 5.41) is 19.7. The summed E-state index contributed by atoms with van der Waals surface area (Å²) in [5.74, 6) is 0.754. The molecule has 0 N–H and O–H groups in total. The summed E-state index contributed by atoms with van der Waals surface area (Å²) in [4.78, 5) is 1.88. The average Bonchev–Trinajstić information content (AvgIpc) is 2.50. The van der Waals surface area contributed by atoms with Gasteiger partial charge >= 0.3 is 0 Å². The van der Waals surface area contributed by atoms with E-state index in [4.69, 9.17) is 5.26 Å². The van der Waals surface area contributed by atoms with Gasteiger partial charge < -0.3 is 0 Å². The molecule has 1 rings (SSSR count). The molecule has 70 valence electrons. The molecule has 0 spiro atoms. The first-order valence-corrected chi connectivity index (χ1v) is 3.96. The van der Waals surface area contributed by atoms with Gasteiger partial charge in [0.2, 0.25) is 0 Å². The number of nitrogens with zero attached hydrogens (tertiary/aromatic N) is 6. The van der Waals surface area contributed by atoms with Crippen LogP contribution in [0.5, 0.6) is 0 Å². The fourth-order valence-corrected chi connectivity index (χ4v) is 0.840. The van der Waals surface area contributed by atoms with E-state index in [1.807, 2.05) is 18.9 Å². The topological polar surface area (TPSA) is 70.6 Å². The fourth-order valence-electron chi connectivity index (χ4n) is 0.840. The van der Waals surface area contributed by atoms with Gasteiger partial charge in [0.15, 0.2) is 5.82 Å². The van der Waals surface area contributed by atoms with Gasteiger partial charge in [0.1, 0.15) is 0 Å². The summed E-state index contributed by atoms with van der Waals surface area (Å²) in [5.41, 5.74) is 0. The van der Waals surface area contributed by atoms with Crippen LogP contribution in [0.4, 0.5) is 0 Å². The van der Waals surface area contributed by atoms with Crippen molar-refractivity contribution < 1.29 is 0 Å². The van der Waals surface area contributed by atoms with Crippen molar-refractivity contribution in [1.29, 1.82) is 5.26 Å². The molecule has 0 aromatic carbocycles. The maximum Gasteiger partial charge on any atom is 0.165 e. The normalized spacial score (nSPS) is 12.8. The van der Waals surface area contributed by atoms with Gasteiger partial charge in [-0.05, 0) is 24.4 Å². The Morgan fingerprint density at radius 3 is 2.85 bits per heavy atom. The largest absolute Gasteiger partial charge is 0.284 e. The Bertz CT molecular complexity index is 311. The van der Waals surface area contributed by atoms with Gasteiger partial charge in [0.25, 0.3) is 0 Å². The van der Waals surface area contributed by atoms with Crippen molar-refractivity contribution in [2.45, 2.75) is 19.5 Å². The van der Waals surface area contributed by atoms with E-state index < -0.39 is 0 Å². The fraction of sp³-hybridized carbons (Fsp3) is 0.714. The molecule has 0 aliphatic carbocycles. The molecule has 0 aliphatic heterocycles. The molecule has 1 aromatic rings. The quantitative estimate of drug-likeness (QED) is 0.630. The maximum absolute atomic E-state index is 8.65. The molecule has 6 nitrogen and oxygen atoms in total. The molecular formula is C7H12N6. The van der Waals surface area contributed by atoms with Crippen molar-refractivity contribution in [2.24, 2.45) is 7.05 Å². The highest BCUT2D eigenvalue weighted by molar-refractivity contribution is 4.89. The molecule has 1 unspecified atom stereocenters. The molecular weight excluding hydrogens is 168 g/mol. The van der Waals surface area contributed by atoms with Crippen LogP contribution in [0.15, 0.2) is 0 Å². The van der Waals surface area contributed by atoms with Crippen molar-refractivity contribution in [2.75, 3.05) is 7.05 Å². The minimum absolute atomic E-state index is 0.128. The van der Waals surface area contributed by atoms with Crippen LogP contribution in [-0.4, -0.2) is 38.2 Å². The number of nitriles is 1. The van der Waals surface area contributed by atoms with Gasteiger partial charge in [-0.1, -0.05) is 0 Å². The lowest BCUT2D eigenvalue weighted by Gasteiger charge is -2.17. The molecule has 1 aromatic heterocycles. The second kappa shape index (κ2) is 3.96. The first kappa shape index (κ1) is 9.61. The number of aromatic nitrogens is 4. The zero-order chi connectivity index (χ0) is 9.84. The van der Waals surface area contributed by atoms with Gasteiger partial charge in [-0.3, -0.25) is 4.90 Å². The lowest BCUT2D eigenvalue weighted by atomic mass is 10.3. The molecule has 0 fully saturated rings. The van der Waals surface area contributed by atoms with E-state index in [0.29, 0.717) is 6.54 Å². The second-order valence-corrected chi connectivity index (χ2v) is 2.94. The highest BCUT2D eigenvalue weighted by Crippen LogP contribution is 2.00. The predicted molar refractivity (Wildman–Crippen MR) is 45.3 cm³/mol. The Balaban J connectivity index is 2.60. The zero-order valence-electron chi connectivity index (χ0n) is 7.97. The molecule has 6 heteroatoms. The van der Waals surface area contributed by atoms with E-state index >= 15 is 0 Å². The van der Waals surface area contributed by atoms with E-state index in [0.717, 1.165) is 5.82 Å². The second-order valence-electron chi connectivity index (χ2n) is 2.94. The van der Waals surface area contributed by atoms with Crippen molar-refractivity contribution >= 4 is 0 Å². The Hall–Kier alpha value is -1.48. The lowest BCUT2D eigenvalue weighted by Crippen LogP contribution is -2.28. The monoisotopic (exact) mass is 180 g/mol. The summed E-state index contributed by atoms with van der Waals surface area (Å²) in [6, 6.07) is 2.02. The summed E-state index contributed by atoms with van der Waals surface area (Å²) in [6.45, 7) is 2.42. The predicted octanol–water partition coefficient (Wildman–Crippen LogP) is -0.446. The standard InChI is InChI=1S/C7H12N6/c1-6(4-8)12(2)5-7-9-10-11-13(7)3/h6H,5H2,1-3H3. The maximum atomic E-state index is 8.65. The van der Waals surface area contributed by atoms with Crippen molar-refractivity contribution in [3.63, 3.8) is 0 Å². The molecule has 0 radical (unpaired) electrons. The first-order valence-electron chi connectivity index (χ1n) is 3.96. The molecule has 1 atom stereocenters. The van der Waals surface area contributed by atoms with Crippen LogP contribution in [-0.2, 0) is 13.6 Å². The van der Waals surface area contributed by atoms with E-state index in [9.17, 15) is 0 Å². The van der Waals surface area contributed by atoms with Crippen molar-refractivity contribution in [3.05, 3.63) is 5.82 Å². The highest BCUT2D eigenvalue weighted by Gasteiger charge is 2.11. The van der Waals surface area contributed by atoms with Gasteiger partial charge in [-0.25, -0.2) is 4.68 Å². The smallest absolute Gasteiger partial charge is 0.165 e. The van der Waals surface area contributed by atoms with Crippen LogP contribution >= 0.6 is 0 Å². The number of hydrogen-bond acceptors (Lipinski definition) is 5. The molecule has 0 amide bonds. The zero-order valence-corrected chi connectivity index (χ0v) is 7.97. The number of hydrogen-bond donors (Lipinski definition) is 0. The summed E-state index contributed by atoms with van der Waals surface area (Å²) in [7, 11) is 3.64. The summed E-state index contributed by atoms with van der Waals surface area (Å²) in [6.07, 6.45) is 0. The van der Waals surface area contributed by atoms with E-state index in [-0.39, 0.29) is 6.04 Å². The number of aryl methyl sites for hydroxylation is 1. The van der Waals surface area contributed by atoms with Crippen LogP contribution in [0.1, 0.15) is 12.7 Å². The summed E-state index contributed by atoms with van der Waals surface area (Å²) >= 11 is 0. The van der Waals surface area contributed by atoms with E-state index in [1.165, 1.54) is 0 Å². The Morgan fingerprint density at radius 2 is 2.38 bits per heavy atom. The van der Waals surface area contributed by atoms with Crippen LogP contribution in [0.2, 0.25) is 0 Å². The SMILES string of the molecule is CC(C#N)N(C)Cc1nnnn1C. The molecule has 0 bridgehead atoms. The Morgan fingerprint density at radius 1 is 1.69 bits per heavy atom. The minimum Gasteiger partial charge on any atom is -0.284 e. The van der Waals surface area contributed by atoms with Crippen LogP contribution < -0.4 is 0 Å². The first-order chi connectivity index (χ1) is 6.15. The molecule has 0 saturated heterocycles. The molecule has 1 heterocycles. The third kappa shape index (κ3) is 2.23. The van der Waals surface area contributed by atoms with Gasteiger partial charge in [-0.15, -0.1) is 5.10 Å². The van der Waals surface area contributed by atoms with Gasteiger partial charge in [0.05, 0.1) is 18.7 Å². The van der Waals surface area contributed by atoms with Crippen LogP contribution in [0, 0.1) is 11.3 Å². The molecule has 13 heavy (non-hydrogen) atoms. The highest BCUT2D eigenvalue weighted by atomic mass is 15.5. The Labute approximate surface area is 76.8 Å². The van der Waals surface area contributed by atoms with Crippen LogP contribution in [0.3, 0.4) is 0 Å². The van der Waals surface area contributed by atoms with E-state index in [1.54, 1.807) is 11.7 Å². The average molecular weight is 180 g/mol. The molecule has 0 saturated carbocycles. The van der Waals surface area contributed by atoms with Gasteiger partial charge in [-0.2, -0.15) is 5.26 Å².